The van der Waals surface area contributed by atoms with E-state index in [2.05, 4.69) is 5.32 Å². The van der Waals surface area contributed by atoms with Gasteiger partial charge >= 0.3 is 0 Å². The summed E-state index contributed by atoms with van der Waals surface area (Å²) < 4.78 is 16.7. The molecule has 0 saturated carbocycles. The topological polar surface area (TPSA) is 56.8 Å². The molecule has 0 aromatic heterocycles. The van der Waals surface area contributed by atoms with E-state index in [1.54, 1.807) is 19.2 Å². The van der Waals surface area contributed by atoms with Crippen LogP contribution in [0, 0.1) is 0 Å². The molecule has 0 radical (unpaired) electrons. The molecule has 0 bridgehead atoms. The van der Waals surface area contributed by atoms with E-state index >= 15 is 0 Å². The summed E-state index contributed by atoms with van der Waals surface area (Å²) in [6.07, 6.45) is -0.549. The molecule has 0 unspecified atom stereocenters. The van der Waals surface area contributed by atoms with Gasteiger partial charge in [-0.25, -0.2) is 0 Å². The van der Waals surface area contributed by atoms with Crippen molar-refractivity contribution in [2.75, 3.05) is 13.7 Å². The molecule has 0 spiro atoms. The number of fused-ring (bicyclic) bond motifs is 1. The molecule has 0 aliphatic carbocycles. The van der Waals surface area contributed by atoms with Crippen molar-refractivity contribution in [2.45, 2.75) is 13.2 Å². The number of ether oxygens (including phenoxy) is 3. The molecule has 1 N–H and O–H groups in total. The fourth-order valence-corrected chi connectivity index (χ4v) is 2.38. The van der Waals surface area contributed by atoms with Crippen molar-refractivity contribution in [2.24, 2.45) is 0 Å². The van der Waals surface area contributed by atoms with E-state index < -0.39 is 6.23 Å². The first-order chi connectivity index (χ1) is 10.7. The Hall–Kier alpha value is -2.69. The van der Waals surface area contributed by atoms with E-state index in [-0.39, 0.29) is 5.91 Å². The van der Waals surface area contributed by atoms with Crippen LogP contribution in [-0.2, 0) is 0 Å². The van der Waals surface area contributed by atoms with E-state index in [0.717, 1.165) is 5.56 Å². The van der Waals surface area contributed by atoms with Crippen molar-refractivity contribution in [3.8, 4) is 17.2 Å². The molecule has 1 amide bonds. The third-order valence-electron chi connectivity index (χ3n) is 3.43. The van der Waals surface area contributed by atoms with Crippen molar-refractivity contribution >= 4 is 5.91 Å². The normalized spacial score (nSPS) is 16.3. The average Bonchev–Trinajstić information content (AvgIpc) is 2.55. The third kappa shape index (κ3) is 2.57. The molecule has 0 saturated heterocycles. The lowest BCUT2D eigenvalue weighted by atomic mass is 10.1. The summed E-state index contributed by atoms with van der Waals surface area (Å²) >= 11 is 0. The Morgan fingerprint density at radius 3 is 2.77 bits per heavy atom. The first-order valence-electron chi connectivity index (χ1n) is 7.10. The second-order valence-corrected chi connectivity index (χ2v) is 4.81. The zero-order valence-corrected chi connectivity index (χ0v) is 12.5. The molecule has 5 heteroatoms. The van der Waals surface area contributed by atoms with Crippen LogP contribution in [0.1, 0.15) is 29.1 Å². The highest BCUT2D eigenvalue weighted by Crippen LogP contribution is 2.33. The van der Waals surface area contributed by atoms with Crippen LogP contribution in [0.15, 0.2) is 42.5 Å². The molecule has 5 nitrogen and oxygen atoms in total. The van der Waals surface area contributed by atoms with Crippen LogP contribution >= 0.6 is 0 Å². The minimum atomic E-state index is -0.549. The van der Waals surface area contributed by atoms with Crippen LogP contribution < -0.4 is 19.5 Å². The van der Waals surface area contributed by atoms with Crippen LogP contribution in [0.5, 0.6) is 17.2 Å². The SMILES string of the molecule is CCOc1ccc([C@@H]2NC(=O)c3ccccc3O2)cc1OC. The van der Waals surface area contributed by atoms with Crippen molar-refractivity contribution in [3.05, 3.63) is 53.6 Å². The van der Waals surface area contributed by atoms with E-state index in [4.69, 9.17) is 14.2 Å². The van der Waals surface area contributed by atoms with Gasteiger partial charge in [-0.05, 0) is 37.3 Å². The number of rotatable bonds is 4. The Morgan fingerprint density at radius 1 is 1.18 bits per heavy atom. The number of hydrogen-bond donors (Lipinski definition) is 1. The highest BCUT2D eigenvalue weighted by Gasteiger charge is 2.26. The predicted molar refractivity (Wildman–Crippen MR) is 81.4 cm³/mol. The van der Waals surface area contributed by atoms with E-state index in [1.807, 2.05) is 37.3 Å². The number of hydrogen-bond acceptors (Lipinski definition) is 4. The van der Waals surface area contributed by atoms with Gasteiger partial charge in [-0.1, -0.05) is 12.1 Å². The van der Waals surface area contributed by atoms with Gasteiger partial charge in [-0.15, -0.1) is 0 Å². The quantitative estimate of drug-likeness (QED) is 0.943. The lowest BCUT2D eigenvalue weighted by Gasteiger charge is -2.27. The van der Waals surface area contributed by atoms with E-state index in [1.165, 1.54) is 0 Å². The second-order valence-electron chi connectivity index (χ2n) is 4.81. The smallest absolute Gasteiger partial charge is 0.258 e. The van der Waals surface area contributed by atoms with Gasteiger partial charge in [-0.3, -0.25) is 4.79 Å². The Kier molecular flexibility index (Phi) is 3.87. The molecule has 1 heterocycles. The monoisotopic (exact) mass is 299 g/mol. The maximum atomic E-state index is 12.1. The largest absolute Gasteiger partial charge is 0.493 e. The van der Waals surface area contributed by atoms with Crippen LogP contribution in [0.4, 0.5) is 0 Å². The van der Waals surface area contributed by atoms with Crippen molar-refractivity contribution < 1.29 is 19.0 Å². The summed E-state index contributed by atoms with van der Waals surface area (Å²) in [5, 5.41) is 2.83. The molecule has 1 aliphatic rings. The molecular formula is C17H17NO4. The Balaban J connectivity index is 1.91. The Bertz CT molecular complexity index is 699. The summed E-state index contributed by atoms with van der Waals surface area (Å²) in [5.74, 6) is 1.69. The van der Waals surface area contributed by atoms with Crippen LogP contribution in [0.3, 0.4) is 0 Å². The zero-order chi connectivity index (χ0) is 15.5. The zero-order valence-electron chi connectivity index (χ0n) is 12.5. The number of methoxy groups -OCH3 is 1. The van der Waals surface area contributed by atoms with E-state index in [0.29, 0.717) is 29.4 Å². The number of carbonyl (C=O) groups is 1. The summed E-state index contributed by atoms with van der Waals surface area (Å²) in [5.41, 5.74) is 1.33. The fourth-order valence-electron chi connectivity index (χ4n) is 2.38. The molecule has 1 atom stereocenters. The number of para-hydroxylation sites is 1. The van der Waals surface area contributed by atoms with E-state index in [9.17, 15) is 4.79 Å². The van der Waals surface area contributed by atoms with Crippen molar-refractivity contribution in [1.29, 1.82) is 0 Å². The molecule has 1 aliphatic heterocycles. The third-order valence-corrected chi connectivity index (χ3v) is 3.43. The highest BCUT2D eigenvalue weighted by atomic mass is 16.5. The minimum absolute atomic E-state index is 0.153. The summed E-state index contributed by atoms with van der Waals surface area (Å²) in [4.78, 5) is 12.1. The maximum Gasteiger partial charge on any atom is 0.258 e. The van der Waals surface area contributed by atoms with Crippen LogP contribution in [0.2, 0.25) is 0 Å². The molecule has 2 aromatic rings. The van der Waals surface area contributed by atoms with Gasteiger partial charge in [0.1, 0.15) is 5.75 Å². The van der Waals surface area contributed by atoms with Crippen molar-refractivity contribution in [1.82, 2.24) is 5.32 Å². The van der Waals surface area contributed by atoms with Gasteiger partial charge in [0.25, 0.3) is 5.91 Å². The number of amides is 1. The molecular weight excluding hydrogens is 282 g/mol. The number of carbonyl (C=O) groups excluding carboxylic acids is 1. The van der Waals surface area contributed by atoms with Crippen LogP contribution in [-0.4, -0.2) is 19.6 Å². The lowest BCUT2D eigenvalue weighted by molar-refractivity contribution is 0.0755. The van der Waals surface area contributed by atoms with Crippen LogP contribution in [0.25, 0.3) is 0 Å². The lowest BCUT2D eigenvalue weighted by Crippen LogP contribution is -2.36. The molecule has 22 heavy (non-hydrogen) atoms. The second kappa shape index (κ2) is 5.97. The van der Waals surface area contributed by atoms with Gasteiger partial charge in [0.15, 0.2) is 17.7 Å². The standard InChI is InChI=1S/C17H17NO4/c1-3-21-14-9-8-11(10-15(14)20-2)17-18-16(19)12-6-4-5-7-13(12)22-17/h4-10,17H,3H2,1-2H3,(H,18,19)/t17-/m1/s1. The number of nitrogens with one attached hydrogen (secondary N) is 1. The van der Waals surface area contributed by atoms with Gasteiger partial charge in [0.05, 0.1) is 19.3 Å². The first-order valence-corrected chi connectivity index (χ1v) is 7.10. The predicted octanol–water partition coefficient (Wildman–Crippen LogP) is 2.91. The summed E-state index contributed by atoms with van der Waals surface area (Å²) in [6, 6.07) is 12.6. The molecule has 3 rings (SSSR count). The maximum absolute atomic E-state index is 12.1. The summed E-state index contributed by atoms with van der Waals surface area (Å²) in [6.45, 7) is 2.47. The molecule has 0 fully saturated rings. The minimum Gasteiger partial charge on any atom is -0.493 e. The van der Waals surface area contributed by atoms with Gasteiger partial charge in [-0.2, -0.15) is 0 Å². The molecule has 2 aromatic carbocycles. The summed E-state index contributed by atoms with van der Waals surface area (Å²) in [7, 11) is 1.58. The highest BCUT2D eigenvalue weighted by molar-refractivity contribution is 5.98. The Morgan fingerprint density at radius 2 is 2.00 bits per heavy atom. The van der Waals surface area contributed by atoms with Crippen molar-refractivity contribution in [3.63, 3.8) is 0 Å². The van der Waals surface area contributed by atoms with Gasteiger partial charge in [0.2, 0.25) is 0 Å². The van der Waals surface area contributed by atoms with Gasteiger partial charge < -0.3 is 19.5 Å². The first kappa shape index (κ1) is 14.3. The Labute approximate surface area is 128 Å². The average molecular weight is 299 g/mol. The van der Waals surface area contributed by atoms with Gasteiger partial charge in [0, 0.05) is 5.56 Å². The number of benzene rings is 2. The fraction of sp³-hybridized carbons (Fsp3) is 0.235. The molecule has 114 valence electrons.